The number of carboxylic acids is 1. The van der Waals surface area contributed by atoms with Crippen molar-refractivity contribution in [3.8, 4) is 0 Å². The van der Waals surface area contributed by atoms with E-state index in [9.17, 15) is 9.18 Å². The Balaban J connectivity index is 2.30. The maximum Gasteiger partial charge on any atom is 0.307 e. The lowest BCUT2D eigenvalue weighted by Crippen LogP contribution is -2.25. The Morgan fingerprint density at radius 1 is 1.47 bits per heavy atom. The van der Waals surface area contributed by atoms with Crippen molar-refractivity contribution in [3.63, 3.8) is 0 Å². The molecule has 0 heterocycles. The van der Waals surface area contributed by atoms with Crippen molar-refractivity contribution >= 4 is 5.97 Å². The predicted molar refractivity (Wildman–Crippen MR) is 73.3 cm³/mol. The van der Waals surface area contributed by atoms with Gasteiger partial charge in [0.2, 0.25) is 0 Å². The van der Waals surface area contributed by atoms with Crippen LogP contribution in [0, 0.1) is 17.7 Å². The number of nitrogens with two attached hydrogens (primary N) is 1. The normalized spacial score (nSPS) is 14.1. The molecule has 0 spiro atoms. The van der Waals surface area contributed by atoms with Crippen LogP contribution in [0.3, 0.4) is 0 Å². The second-order valence-corrected chi connectivity index (χ2v) is 5.13. The molecular weight excluding hydrogens is 245 g/mol. The molecular formula is C15H22FNO2. The highest BCUT2D eigenvalue weighted by Gasteiger charge is 2.18. The van der Waals surface area contributed by atoms with Crippen LogP contribution in [0.1, 0.15) is 31.7 Å². The molecule has 0 radical (unpaired) electrons. The molecule has 3 nitrogen and oxygen atoms in total. The molecule has 0 aliphatic rings. The zero-order valence-corrected chi connectivity index (χ0v) is 11.3. The van der Waals surface area contributed by atoms with E-state index in [1.54, 1.807) is 12.1 Å². The van der Waals surface area contributed by atoms with Crippen LogP contribution in [0.15, 0.2) is 24.3 Å². The van der Waals surface area contributed by atoms with Crippen LogP contribution in [0.4, 0.5) is 4.39 Å². The van der Waals surface area contributed by atoms with E-state index in [-0.39, 0.29) is 12.4 Å². The first-order chi connectivity index (χ1) is 9.02. The zero-order chi connectivity index (χ0) is 14.3. The van der Waals surface area contributed by atoms with E-state index in [1.165, 1.54) is 6.07 Å². The monoisotopic (exact) mass is 267 g/mol. The van der Waals surface area contributed by atoms with E-state index in [0.717, 1.165) is 24.8 Å². The van der Waals surface area contributed by atoms with E-state index < -0.39 is 11.9 Å². The second kappa shape index (κ2) is 7.89. The third kappa shape index (κ3) is 5.83. The number of aryl methyl sites for hydroxylation is 1. The van der Waals surface area contributed by atoms with Crippen molar-refractivity contribution in [3.05, 3.63) is 35.6 Å². The Hall–Kier alpha value is -1.42. The number of benzene rings is 1. The first kappa shape index (κ1) is 15.6. The van der Waals surface area contributed by atoms with E-state index >= 15 is 0 Å². The number of hydrogen-bond donors (Lipinski definition) is 2. The van der Waals surface area contributed by atoms with Gasteiger partial charge in [0.05, 0.1) is 5.92 Å². The van der Waals surface area contributed by atoms with Crippen LogP contribution in [0.5, 0.6) is 0 Å². The maximum atomic E-state index is 13.0. The minimum atomic E-state index is -0.820. The van der Waals surface area contributed by atoms with E-state index in [0.29, 0.717) is 12.3 Å². The van der Waals surface area contributed by atoms with Crippen molar-refractivity contribution in [2.75, 3.05) is 6.54 Å². The maximum absolute atomic E-state index is 13.0. The van der Waals surface area contributed by atoms with Crippen molar-refractivity contribution in [1.29, 1.82) is 0 Å². The Morgan fingerprint density at radius 3 is 2.79 bits per heavy atom. The lowest BCUT2D eigenvalue weighted by atomic mass is 9.91. The summed E-state index contributed by atoms with van der Waals surface area (Å²) in [6, 6.07) is 6.60. The van der Waals surface area contributed by atoms with Gasteiger partial charge in [-0.25, -0.2) is 4.39 Å². The highest BCUT2D eigenvalue weighted by molar-refractivity contribution is 5.70. The van der Waals surface area contributed by atoms with Crippen molar-refractivity contribution in [1.82, 2.24) is 0 Å². The topological polar surface area (TPSA) is 63.3 Å². The Morgan fingerprint density at radius 2 is 2.21 bits per heavy atom. The smallest absolute Gasteiger partial charge is 0.307 e. The third-order valence-corrected chi connectivity index (χ3v) is 3.37. The average molecular weight is 267 g/mol. The van der Waals surface area contributed by atoms with Crippen LogP contribution >= 0.6 is 0 Å². The van der Waals surface area contributed by atoms with Gasteiger partial charge in [0.25, 0.3) is 0 Å². The van der Waals surface area contributed by atoms with Gasteiger partial charge in [-0.3, -0.25) is 4.79 Å². The molecule has 2 atom stereocenters. The van der Waals surface area contributed by atoms with Crippen LogP contribution in [0.25, 0.3) is 0 Å². The SMILES string of the molecule is C[C@@H](CCCc1cccc(F)c1)C[C@H](CN)C(=O)O. The first-order valence-corrected chi connectivity index (χ1v) is 6.70. The fourth-order valence-electron chi connectivity index (χ4n) is 2.25. The summed E-state index contributed by atoms with van der Waals surface area (Å²) in [7, 11) is 0. The fourth-order valence-corrected chi connectivity index (χ4v) is 2.25. The number of hydrogen-bond acceptors (Lipinski definition) is 2. The number of carboxylic acid groups (broad SMARTS) is 1. The highest BCUT2D eigenvalue weighted by Crippen LogP contribution is 2.18. The summed E-state index contributed by atoms with van der Waals surface area (Å²) in [5.41, 5.74) is 6.42. The molecule has 4 heteroatoms. The Kier molecular flexibility index (Phi) is 6.50. The number of carbonyl (C=O) groups is 1. The molecule has 106 valence electrons. The van der Waals surface area contributed by atoms with Crippen LogP contribution < -0.4 is 5.73 Å². The zero-order valence-electron chi connectivity index (χ0n) is 11.3. The molecule has 0 bridgehead atoms. The third-order valence-electron chi connectivity index (χ3n) is 3.37. The van der Waals surface area contributed by atoms with Gasteiger partial charge in [0, 0.05) is 6.54 Å². The summed E-state index contributed by atoms with van der Waals surface area (Å²) < 4.78 is 13.0. The molecule has 0 saturated carbocycles. The van der Waals surface area contributed by atoms with Crippen LogP contribution in [-0.4, -0.2) is 17.6 Å². The van der Waals surface area contributed by atoms with Crippen LogP contribution in [0.2, 0.25) is 0 Å². The molecule has 1 aromatic rings. The molecule has 0 amide bonds. The van der Waals surface area contributed by atoms with Gasteiger partial charge in [-0.2, -0.15) is 0 Å². The van der Waals surface area contributed by atoms with Crippen LogP contribution in [-0.2, 0) is 11.2 Å². The summed E-state index contributed by atoms with van der Waals surface area (Å²) in [5.74, 6) is -1.17. The molecule has 19 heavy (non-hydrogen) atoms. The lowest BCUT2D eigenvalue weighted by molar-refractivity contribution is -0.141. The van der Waals surface area contributed by atoms with Gasteiger partial charge < -0.3 is 10.8 Å². The standard InChI is InChI=1S/C15H22FNO2/c1-11(8-13(10-17)15(18)19)4-2-5-12-6-3-7-14(16)9-12/h3,6-7,9,11,13H,2,4-5,8,10,17H2,1H3,(H,18,19)/t11-,13+/m0/s1. The van der Waals surface area contributed by atoms with E-state index in [1.807, 2.05) is 13.0 Å². The molecule has 0 fully saturated rings. The molecule has 0 aromatic heterocycles. The summed E-state index contributed by atoms with van der Waals surface area (Å²) >= 11 is 0. The van der Waals surface area contributed by atoms with E-state index in [4.69, 9.17) is 10.8 Å². The number of rotatable bonds is 8. The average Bonchev–Trinajstić information content (AvgIpc) is 2.35. The van der Waals surface area contributed by atoms with Gasteiger partial charge >= 0.3 is 5.97 Å². The molecule has 0 aliphatic heterocycles. The van der Waals surface area contributed by atoms with Crippen molar-refractivity contribution in [2.24, 2.45) is 17.6 Å². The van der Waals surface area contributed by atoms with Gasteiger partial charge in [-0.15, -0.1) is 0 Å². The molecule has 0 aliphatic carbocycles. The molecule has 1 rings (SSSR count). The highest BCUT2D eigenvalue weighted by atomic mass is 19.1. The molecule has 0 unspecified atom stereocenters. The Bertz CT molecular complexity index is 409. The van der Waals surface area contributed by atoms with E-state index in [2.05, 4.69) is 0 Å². The summed E-state index contributed by atoms with van der Waals surface area (Å²) in [6.07, 6.45) is 3.29. The second-order valence-electron chi connectivity index (χ2n) is 5.13. The predicted octanol–water partition coefficient (Wildman–Crippen LogP) is 2.83. The van der Waals surface area contributed by atoms with Crippen molar-refractivity contribution in [2.45, 2.75) is 32.6 Å². The summed E-state index contributed by atoms with van der Waals surface area (Å²) in [4.78, 5) is 10.9. The first-order valence-electron chi connectivity index (χ1n) is 6.70. The largest absolute Gasteiger partial charge is 0.481 e. The van der Waals surface area contributed by atoms with Crippen molar-refractivity contribution < 1.29 is 14.3 Å². The summed E-state index contributed by atoms with van der Waals surface area (Å²) in [6.45, 7) is 2.22. The fraction of sp³-hybridized carbons (Fsp3) is 0.533. The number of aliphatic carboxylic acids is 1. The minimum absolute atomic E-state index is 0.184. The molecule has 0 saturated heterocycles. The van der Waals surface area contributed by atoms with Gasteiger partial charge in [-0.1, -0.05) is 25.5 Å². The van der Waals surface area contributed by atoms with Gasteiger partial charge in [0.15, 0.2) is 0 Å². The summed E-state index contributed by atoms with van der Waals surface area (Å²) in [5, 5.41) is 8.93. The quantitative estimate of drug-likeness (QED) is 0.761. The van der Waals surface area contributed by atoms with Gasteiger partial charge in [-0.05, 0) is 42.9 Å². The number of halogens is 1. The molecule has 3 N–H and O–H groups in total. The lowest BCUT2D eigenvalue weighted by Gasteiger charge is -2.16. The minimum Gasteiger partial charge on any atom is -0.481 e. The van der Waals surface area contributed by atoms with Gasteiger partial charge in [0.1, 0.15) is 5.82 Å². The molecule has 1 aromatic carbocycles. The Labute approximate surface area is 113 Å².